The fourth-order valence-corrected chi connectivity index (χ4v) is 5.77. The number of nitrogens with zero attached hydrogens (tertiary/aromatic N) is 6. The molecule has 0 fully saturated rings. The molecular formula is C35H33N7O3. The lowest BCUT2D eigenvalue weighted by Gasteiger charge is -2.13. The normalized spacial score (nSPS) is 11.6. The molecule has 0 aliphatic carbocycles. The van der Waals surface area contributed by atoms with Crippen LogP contribution in [0.25, 0.3) is 39.6 Å². The number of aromatic nitrogens is 7. The Morgan fingerprint density at radius 2 is 1.76 bits per heavy atom. The van der Waals surface area contributed by atoms with Gasteiger partial charge in [-0.2, -0.15) is 5.10 Å². The van der Waals surface area contributed by atoms with Crippen LogP contribution in [0.15, 0.2) is 88.3 Å². The molecule has 7 aromatic rings. The van der Waals surface area contributed by atoms with E-state index >= 15 is 0 Å². The Balaban J connectivity index is 1.37. The third-order valence-electron chi connectivity index (χ3n) is 8.03. The fourth-order valence-electron chi connectivity index (χ4n) is 5.77. The van der Waals surface area contributed by atoms with Gasteiger partial charge in [0.15, 0.2) is 5.76 Å². The maximum absolute atomic E-state index is 11.8. The molecule has 0 radical (unpaired) electrons. The van der Waals surface area contributed by atoms with E-state index in [9.17, 15) is 9.90 Å². The summed E-state index contributed by atoms with van der Waals surface area (Å²) in [7, 11) is 0. The second-order valence-electron chi connectivity index (χ2n) is 11.4. The zero-order valence-corrected chi connectivity index (χ0v) is 25.6. The molecular weight excluding hydrogens is 566 g/mol. The Morgan fingerprint density at radius 3 is 2.47 bits per heavy atom. The number of rotatable bonds is 8. The number of furan rings is 1. The van der Waals surface area contributed by atoms with Gasteiger partial charge in [0.05, 0.1) is 40.2 Å². The standard InChI is InChI=1S/C35H33N7O3/c1-5-26-15-31(33-12-6-22(3)45-33)42(39-26)27-9-10-30-29(16-27)38-35(41(30)20-25-8-13-34(44)36-17-25)28-14-24(7-11-32(28)43)19-40-18-21(2)37-23(40)4/h6-18,43H,5,19-20H2,1-4H3,(H,36,44). The van der Waals surface area contributed by atoms with E-state index in [0.29, 0.717) is 24.5 Å². The summed E-state index contributed by atoms with van der Waals surface area (Å²) in [6, 6.07) is 20.9. The van der Waals surface area contributed by atoms with E-state index in [4.69, 9.17) is 14.5 Å². The molecule has 2 N–H and O–H groups in total. The Bertz CT molecular complexity index is 2220. The van der Waals surface area contributed by atoms with E-state index < -0.39 is 0 Å². The zero-order valence-electron chi connectivity index (χ0n) is 25.6. The summed E-state index contributed by atoms with van der Waals surface area (Å²) in [6.45, 7) is 9.01. The van der Waals surface area contributed by atoms with Crippen LogP contribution in [0.4, 0.5) is 0 Å². The van der Waals surface area contributed by atoms with Crippen molar-refractivity contribution in [3.63, 3.8) is 0 Å². The van der Waals surface area contributed by atoms with Crippen LogP contribution in [0.5, 0.6) is 5.75 Å². The van der Waals surface area contributed by atoms with Crippen LogP contribution in [-0.2, 0) is 19.5 Å². The van der Waals surface area contributed by atoms with Gasteiger partial charge in [-0.05, 0) is 86.8 Å². The minimum atomic E-state index is -0.164. The molecule has 45 heavy (non-hydrogen) atoms. The second-order valence-corrected chi connectivity index (χ2v) is 11.4. The van der Waals surface area contributed by atoms with Gasteiger partial charge >= 0.3 is 0 Å². The number of imidazole rings is 2. The summed E-state index contributed by atoms with van der Waals surface area (Å²) in [5, 5.41) is 16.0. The van der Waals surface area contributed by atoms with Crippen molar-refractivity contribution >= 4 is 11.0 Å². The van der Waals surface area contributed by atoms with Crippen LogP contribution in [0.1, 0.15) is 41.0 Å². The molecule has 0 atom stereocenters. The number of pyridine rings is 1. The van der Waals surface area contributed by atoms with Crippen molar-refractivity contribution in [2.24, 2.45) is 0 Å². The third kappa shape index (κ3) is 5.35. The fraction of sp³-hybridized carbons (Fsp3) is 0.200. The number of H-pyrrole nitrogens is 1. The average molecular weight is 600 g/mol. The third-order valence-corrected chi connectivity index (χ3v) is 8.03. The maximum atomic E-state index is 11.8. The van der Waals surface area contributed by atoms with Crippen LogP contribution in [-0.4, -0.2) is 39.0 Å². The van der Waals surface area contributed by atoms with Gasteiger partial charge in [0.1, 0.15) is 28.9 Å². The lowest BCUT2D eigenvalue weighted by Crippen LogP contribution is -2.07. The molecule has 10 heteroatoms. The molecule has 2 aromatic carbocycles. The number of aromatic amines is 1. The first-order valence-electron chi connectivity index (χ1n) is 14.9. The molecule has 226 valence electrons. The molecule has 5 heterocycles. The summed E-state index contributed by atoms with van der Waals surface area (Å²) >= 11 is 0. The smallest absolute Gasteiger partial charge is 0.247 e. The molecule has 5 aromatic heterocycles. The molecule has 0 unspecified atom stereocenters. The van der Waals surface area contributed by atoms with E-state index in [2.05, 4.69) is 32.1 Å². The zero-order chi connectivity index (χ0) is 31.2. The first kappa shape index (κ1) is 28.1. The van der Waals surface area contributed by atoms with E-state index in [0.717, 1.165) is 68.7 Å². The lowest BCUT2D eigenvalue weighted by atomic mass is 10.1. The largest absolute Gasteiger partial charge is 0.507 e. The summed E-state index contributed by atoms with van der Waals surface area (Å²) < 4.78 is 12.0. The first-order chi connectivity index (χ1) is 21.7. The van der Waals surface area contributed by atoms with Crippen LogP contribution < -0.4 is 5.56 Å². The molecule has 10 nitrogen and oxygen atoms in total. The van der Waals surface area contributed by atoms with E-state index in [-0.39, 0.29) is 11.3 Å². The number of phenols is 1. The van der Waals surface area contributed by atoms with Crippen molar-refractivity contribution in [2.75, 3.05) is 0 Å². The maximum Gasteiger partial charge on any atom is 0.247 e. The predicted molar refractivity (Wildman–Crippen MR) is 173 cm³/mol. The van der Waals surface area contributed by atoms with Gasteiger partial charge in [-0.25, -0.2) is 14.6 Å². The highest BCUT2D eigenvalue weighted by atomic mass is 16.3. The van der Waals surface area contributed by atoms with Gasteiger partial charge in [0.25, 0.3) is 0 Å². The second kappa shape index (κ2) is 11.1. The highest BCUT2D eigenvalue weighted by Gasteiger charge is 2.20. The van der Waals surface area contributed by atoms with Gasteiger partial charge in [-0.3, -0.25) is 4.79 Å². The van der Waals surface area contributed by atoms with Crippen LogP contribution >= 0.6 is 0 Å². The number of aryl methyl sites for hydroxylation is 4. The highest BCUT2D eigenvalue weighted by Crippen LogP contribution is 2.34. The minimum Gasteiger partial charge on any atom is -0.507 e. The van der Waals surface area contributed by atoms with Crippen molar-refractivity contribution in [3.8, 4) is 34.3 Å². The molecule has 0 bridgehead atoms. The molecule has 0 saturated heterocycles. The van der Waals surface area contributed by atoms with Gasteiger partial charge < -0.3 is 23.6 Å². The molecule has 0 aliphatic rings. The molecule has 0 aliphatic heterocycles. The van der Waals surface area contributed by atoms with E-state index in [1.165, 1.54) is 6.07 Å². The lowest BCUT2D eigenvalue weighted by molar-refractivity contribution is 0.476. The first-order valence-corrected chi connectivity index (χ1v) is 14.9. The van der Waals surface area contributed by atoms with Crippen molar-refractivity contribution in [1.82, 2.24) is 33.9 Å². The topological polar surface area (TPSA) is 120 Å². The summed E-state index contributed by atoms with van der Waals surface area (Å²) in [5.41, 5.74) is 7.59. The number of phenolic OH excluding ortho intramolecular Hbond substituents is 1. The van der Waals surface area contributed by atoms with Crippen LogP contribution in [0.2, 0.25) is 0 Å². The van der Waals surface area contributed by atoms with Crippen molar-refractivity contribution in [3.05, 3.63) is 124 Å². The quantitative estimate of drug-likeness (QED) is 0.211. The minimum absolute atomic E-state index is 0.130. The Labute approximate surface area is 259 Å². The number of aromatic hydroxyl groups is 1. The molecule has 7 rings (SSSR count). The average Bonchev–Trinajstić information content (AvgIpc) is 3.80. The van der Waals surface area contributed by atoms with E-state index in [1.807, 2.05) is 74.1 Å². The summed E-state index contributed by atoms with van der Waals surface area (Å²) in [6.07, 6.45) is 4.51. The predicted octanol–water partition coefficient (Wildman–Crippen LogP) is 6.32. The van der Waals surface area contributed by atoms with E-state index in [1.54, 1.807) is 18.3 Å². The van der Waals surface area contributed by atoms with Gasteiger partial charge in [-0.15, -0.1) is 0 Å². The highest BCUT2D eigenvalue weighted by molar-refractivity contribution is 5.84. The molecule has 0 amide bonds. The molecule has 0 spiro atoms. The van der Waals surface area contributed by atoms with Crippen LogP contribution in [0.3, 0.4) is 0 Å². The number of nitrogens with one attached hydrogen (secondary N) is 1. The van der Waals surface area contributed by atoms with Crippen molar-refractivity contribution < 1.29 is 9.52 Å². The van der Waals surface area contributed by atoms with Crippen LogP contribution in [0, 0.1) is 20.8 Å². The summed E-state index contributed by atoms with van der Waals surface area (Å²) in [5.74, 6) is 3.24. The van der Waals surface area contributed by atoms with Crippen molar-refractivity contribution in [2.45, 2.75) is 47.2 Å². The SMILES string of the molecule is CCc1cc(-c2ccc(C)o2)n(-c2ccc3c(c2)nc(-c2cc(Cn4cc(C)nc4C)ccc2O)n3Cc2ccc(=O)[nH]c2)n1. The number of fused-ring (bicyclic) bond motifs is 1. The number of hydrogen-bond donors (Lipinski definition) is 2. The molecule has 0 saturated carbocycles. The Hall–Kier alpha value is -5.64. The number of benzene rings is 2. The monoisotopic (exact) mass is 599 g/mol. The van der Waals surface area contributed by atoms with Gasteiger partial charge in [0.2, 0.25) is 5.56 Å². The van der Waals surface area contributed by atoms with Gasteiger partial charge in [-0.1, -0.05) is 19.1 Å². The van der Waals surface area contributed by atoms with Crippen molar-refractivity contribution in [1.29, 1.82) is 0 Å². The number of hydrogen-bond acceptors (Lipinski definition) is 6. The Morgan fingerprint density at radius 1 is 0.911 bits per heavy atom. The Kier molecular flexibility index (Phi) is 6.96. The summed E-state index contributed by atoms with van der Waals surface area (Å²) in [4.78, 5) is 24.2. The van der Waals surface area contributed by atoms with Gasteiger partial charge in [0, 0.05) is 25.0 Å².